The van der Waals surface area contributed by atoms with Crippen LogP contribution in [0, 0.1) is 11.3 Å². The number of fused-ring (bicyclic) bond motifs is 2. The van der Waals surface area contributed by atoms with Crippen molar-refractivity contribution in [1.29, 1.82) is 0 Å². The lowest BCUT2D eigenvalue weighted by Crippen LogP contribution is -2.23. The molecular weight excluding hydrogens is 312 g/mol. The first-order valence-corrected chi connectivity index (χ1v) is 9.96. The summed E-state index contributed by atoms with van der Waals surface area (Å²) in [5.41, 5.74) is 7.86. The fourth-order valence-corrected chi connectivity index (χ4v) is 5.73. The maximum absolute atomic E-state index is 2.58. The topological polar surface area (TPSA) is 0 Å². The van der Waals surface area contributed by atoms with Crippen molar-refractivity contribution in [2.75, 3.05) is 0 Å². The van der Waals surface area contributed by atoms with Gasteiger partial charge in [0.2, 0.25) is 0 Å². The van der Waals surface area contributed by atoms with E-state index in [0.29, 0.717) is 17.8 Å². The Hall–Kier alpha value is -2.34. The van der Waals surface area contributed by atoms with E-state index in [2.05, 4.69) is 92.7 Å². The van der Waals surface area contributed by atoms with Crippen LogP contribution < -0.4 is 0 Å². The highest BCUT2D eigenvalue weighted by Gasteiger charge is 2.51. The summed E-state index contributed by atoms with van der Waals surface area (Å²) in [6.45, 7) is 4.80. The molecule has 0 bridgehead atoms. The number of hydrogen-bond acceptors (Lipinski definition) is 0. The number of allylic oxidation sites excluding steroid dienone is 6. The second-order valence-corrected chi connectivity index (χ2v) is 8.28. The molecule has 0 aromatic heterocycles. The molecule has 3 aliphatic rings. The van der Waals surface area contributed by atoms with Crippen molar-refractivity contribution in [3.8, 4) is 0 Å². The van der Waals surface area contributed by atoms with Crippen molar-refractivity contribution in [3.05, 3.63) is 101 Å². The van der Waals surface area contributed by atoms with E-state index in [1.54, 1.807) is 5.57 Å². The van der Waals surface area contributed by atoms with E-state index in [4.69, 9.17) is 0 Å². The summed E-state index contributed by atoms with van der Waals surface area (Å²) in [6.07, 6.45) is 12.1. The Bertz CT molecular complexity index is 928. The molecule has 3 aliphatic carbocycles. The highest BCUT2D eigenvalue weighted by molar-refractivity contribution is 5.75. The molecule has 0 amide bonds. The number of benzene rings is 2. The van der Waals surface area contributed by atoms with Gasteiger partial charge in [-0.15, -0.1) is 0 Å². The summed E-state index contributed by atoms with van der Waals surface area (Å²) in [4.78, 5) is 0. The minimum absolute atomic E-state index is 0.196. The van der Waals surface area contributed by atoms with Gasteiger partial charge in [0, 0.05) is 17.3 Å². The highest BCUT2D eigenvalue weighted by atomic mass is 14.5. The molecule has 0 heterocycles. The van der Waals surface area contributed by atoms with Gasteiger partial charge >= 0.3 is 0 Å². The van der Waals surface area contributed by atoms with Crippen LogP contribution in [0.25, 0.3) is 5.57 Å². The van der Waals surface area contributed by atoms with Gasteiger partial charge in [-0.1, -0.05) is 98.3 Å². The molecule has 0 spiro atoms. The maximum atomic E-state index is 2.58. The van der Waals surface area contributed by atoms with Crippen molar-refractivity contribution in [2.24, 2.45) is 11.3 Å². The van der Waals surface area contributed by atoms with E-state index in [9.17, 15) is 0 Å². The molecule has 0 aliphatic heterocycles. The zero-order valence-corrected chi connectivity index (χ0v) is 15.7. The van der Waals surface area contributed by atoms with Crippen LogP contribution in [0.3, 0.4) is 0 Å². The van der Waals surface area contributed by atoms with E-state index < -0.39 is 0 Å². The van der Waals surface area contributed by atoms with Crippen LogP contribution in [0.2, 0.25) is 0 Å². The lowest BCUT2D eigenvalue weighted by molar-refractivity contribution is 0.357. The number of hydrogen-bond donors (Lipinski definition) is 0. The third-order valence-corrected chi connectivity index (χ3v) is 6.99. The predicted molar refractivity (Wildman–Crippen MR) is 110 cm³/mol. The molecule has 1 saturated carbocycles. The number of rotatable bonds is 3. The standard InChI is InChI=1S/C26H26/c1-3-18-16-25(21-13-8-7-12-20(18)21)26(2)17-23(19-10-5-4-6-11-19)22-14-9-15-24(22)26/h4-16,22-23,25H,3,17H2,1-2H3. The van der Waals surface area contributed by atoms with Crippen LogP contribution in [0.15, 0.2) is 84.5 Å². The second-order valence-electron chi connectivity index (χ2n) is 8.28. The zero-order valence-electron chi connectivity index (χ0n) is 15.7. The molecule has 0 radical (unpaired) electrons. The van der Waals surface area contributed by atoms with E-state index in [1.165, 1.54) is 28.7 Å². The summed E-state index contributed by atoms with van der Waals surface area (Å²) in [6, 6.07) is 20.2. The molecule has 26 heavy (non-hydrogen) atoms. The lowest BCUT2D eigenvalue weighted by atomic mass is 9.70. The quantitative estimate of drug-likeness (QED) is 0.572. The van der Waals surface area contributed by atoms with Crippen LogP contribution in [-0.4, -0.2) is 0 Å². The minimum atomic E-state index is 0.196. The summed E-state index contributed by atoms with van der Waals surface area (Å²) >= 11 is 0. The lowest BCUT2D eigenvalue weighted by Gasteiger charge is -2.33. The largest absolute Gasteiger partial charge is 0.0767 e. The zero-order chi connectivity index (χ0) is 17.7. The minimum Gasteiger partial charge on any atom is -0.0767 e. The molecular formula is C26H26. The first-order chi connectivity index (χ1) is 12.7. The van der Waals surface area contributed by atoms with Crippen molar-refractivity contribution in [2.45, 2.75) is 38.5 Å². The average Bonchev–Trinajstić information content (AvgIpc) is 3.37. The third kappa shape index (κ3) is 2.14. The predicted octanol–water partition coefficient (Wildman–Crippen LogP) is 6.88. The van der Waals surface area contributed by atoms with Gasteiger partial charge in [0.15, 0.2) is 0 Å². The molecule has 4 atom stereocenters. The van der Waals surface area contributed by atoms with Crippen LogP contribution in [0.1, 0.15) is 55.2 Å². The van der Waals surface area contributed by atoms with Gasteiger partial charge < -0.3 is 0 Å². The molecule has 1 fully saturated rings. The Labute approximate surface area is 157 Å². The molecule has 0 nitrogen and oxygen atoms in total. The molecule has 0 N–H and O–H groups in total. The Kier molecular flexibility index (Phi) is 3.57. The monoisotopic (exact) mass is 338 g/mol. The molecule has 130 valence electrons. The molecule has 0 saturated heterocycles. The Morgan fingerprint density at radius 3 is 2.58 bits per heavy atom. The van der Waals surface area contributed by atoms with E-state index in [0.717, 1.165) is 6.42 Å². The first kappa shape index (κ1) is 15.9. The fraction of sp³-hybridized carbons (Fsp3) is 0.308. The second kappa shape index (κ2) is 5.84. The molecule has 5 rings (SSSR count). The third-order valence-electron chi connectivity index (χ3n) is 6.99. The molecule has 4 unspecified atom stereocenters. The van der Waals surface area contributed by atoms with E-state index in [-0.39, 0.29) is 5.41 Å². The molecule has 2 aromatic carbocycles. The van der Waals surface area contributed by atoms with E-state index in [1.807, 2.05) is 0 Å². The van der Waals surface area contributed by atoms with Gasteiger partial charge in [-0.05, 0) is 41.0 Å². The maximum Gasteiger partial charge on any atom is 0.0122 e. The van der Waals surface area contributed by atoms with Gasteiger partial charge in [-0.25, -0.2) is 0 Å². The van der Waals surface area contributed by atoms with Gasteiger partial charge in [0.25, 0.3) is 0 Å². The Morgan fingerprint density at radius 2 is 1.77 bits per heavy atom. The summed E-state index contributed by atoms with van der Waals surface area (Å²) < 4.78 is 0. The van der Waals surface area contributed by atoms with Crippen molar-refractivity contribution in [1.82, 2.24) is 0 Å². The van der Waals surface area contributed by atoms with Crippen LogP contribution in [-0.2, 0) is 0 Å². The Balaban J connectivity index is 1.60. The van der Waals surface area contributed by atoms with Gasteiger partial charge in [0.05, 0.1) is 0 Å². The summed E-state index contributed by atoms with van der Waals surface area (Å²) in [5, 5.41) is 0. The van der Waals surface area contributed by atoms with Crippen LogP contribution in [0.4, 0.5) is 0 Å². The smallest absolute Gasteiger partial charge is 0.0122 e. The summed E-state index contributed by atoms with van der Waals surface area (Å²) in [7, 11) is 0. The molecule has 2 aromatic rings. The first-order valence-electron chi connectivity index (χ1n) is 9.96. The fourth-order valence-electron chi connectivity index (χ4n) is 5.73. The highest BCUT2D eigenvalue weighted by Crippen LogP contribution is 2.63. The van der Waals surface area contributed by atoms with Gasteiger partial charge in [0.1, 0.15) is 0 Å². The van der Waals surface area contributed by atoms with Crippen LogP contribution >= 0.6 is 0 Å². The SMILES string of the molecule is CCC1=CC(C2(C)CC(c3ccccc3)C3C=CC=C32)c2ccccc21. The Morgan fingerprint density at radius 1 is 1.00 bits per heavy atom. The van der Waals surface area contributed by atoms with Crippen LogP contribution in [0.5, 0.6) is 0 Å². The van der Waals surface area contributed by atoms with Crippen molar-refractivity contribution in [3.63, 3.8) is 0 Å². The molecule has 0 heteroatoms. The van der Waals surface area contributed by atoms with Crippen molar-refractivity contribution < 1.29 is 0 Å². The van der Waals surface area contributed by atoms with Gasteiger partial charge in [-0.2, -0.15) is 0 Å². The van der Waals surface area contributed by atoms with E-state index >= 15 is 0 Å². The summed E-state index contributed by atoms with van der Waals surface area (Å²) in [5.74, 6) is 1.65. The van der Waals surface area contributed by atoms with Crippen molar-refractivity contribution >= 4 is 5.57 Å². The average molecular weight is 338 g/mol. The van der Waals surface area contributed by atoms with Gasteiger partial charge in [-0.3, -0.25) is 0 Å². The normalized spacial score (nSPS) is 31.5.